The second-order valence-electron chi connectivity index (χ2n) is 10.3. The van der Waals surface area contributed by atoms with Crippen molar-refractivity contribution in [3.63, 3.8) is 0 Å². The number of alkyl carbamates (subject to hydrolysis) is 2. The van der Waals surface area contributed by atoms with Crippen LogP contribution in [0.4, 0.5) is 20.1 Å². The van der Waals surface area contributed by atoms with Crippen molar-refractivity contribution in [1.82, 2.24) is 21.3 Å². The highest BCUT2D eigenvalue weighted by Gasteiger charge is 2.30. The van der Waals surface area contributed by atoms with Crippen molar-refractivity contribution in [3.8, 4) is 0 Å². The van der Waals surface area contributed by atoms with Gasteiger partial charge in [-0.05, 0) is 62.8 Å². The first kappa shape index (κ1) is 34.0. The molecule has 40 heavy (non-hydrogen) atoms. The summed E-state index contributed by atoms with van der Waals surface area (Å²) < 4.78 is 10.3. The summed E-state index contributed by atoms with van der Waals surface area (Å²) >= 11 is 0. The Hall–Kier alpha value is -4.07. The summed E-state index contributed by atoms with van der Waals surface area (Å²) in [7, 11) is 1.41. The number of carbonyl (C=O) groups is 5. The molecule has 14 nitrogen and oxygen atoms in total. The standard InChI is InChI=1S/C26H42N6O8/c1-15(2)20(32-25(38)40-26(3,4)5)22(35)31-19(8-7-11-29-23(27)36)21(34)30-18-10-9-16(13-33)17(12-18)14-39-24(37)28-6/h9-10,12,15,19-20,33H,7-8,11,13-14H2,1-6H3,(H,28,37)(H,30,34)(H,31,35)(H,32,38)(H3,27,29,36). The van der Waals surface area contributed by atoms with Gasteiger partial charge in [-0.3, -0.25) is 9.59 Å². The third-order valence-corrected chi connectivity index (χ3v) is 5.43. The van der Waals surface area contributed by atoms with Gasteiger partial charge in [0.2, 0.25) is 11.8 Å². The third-order valence-electron chi connectivity index (χ3n) is 5.43. The zero-order valence-corrected chi connectivity index (χ0v) is 23.9. The van der Waals surface area contributed by atoms with Crippen molar-refractivity contribution < 1.29 is 38.6 Å². The Morgan fingerprint density at radius 2 is 1.68 bits per heavy atom. The largest absolute Gasteiger partial charge is 0.445 e. The molecule has 2 unspecified atom stereocenters. The van der Waals surface area contributed by atoms with Crippen LogP contribution in [0.1, 0.15) is 58.6 Å². The zero-order valence-electron chi connectivity index (χ0n) is 23.9. The average Bonchev–Trinajstić information content (AvgIpc) is 2.86. The molecule has 1 rings (SSSR count). The number of hydrogen-bond acceptors (Lipinski definition) is 8. The fourth-order valence-corrected chi connectivity index (χ4v) is 3.45. The average molecular weight is 567 g/mol. The number of anilines is 1. The number of amides is 6. The van der Waals surface area contributed by atoms with E-state index in [9.17, 15) is 29.1 Å². The van der Waals surface area contributed by atoms with Crippen LogP contribution in [0.3, 0.4) is 0 Å². The van der Waals surface area contributed by atoms with Crippen molar-refractivity contribution in [2.45, 2.75) is 78.4 Å². The van der Waals surface area contributed by atoms with E-state index in [0.29, 0.717) is 23.2 Å². The minimum atomic E-state index is -1.05. The van der Waals surface area contributed by atoms with E-state index in [2.05, 4.69) is 26.6 Å². The molecule has 0 saturated carbocycles. The second kappa shape index (κ2) is 16.1. The van der Waals surface area contributed by atoms with E-state index in [1.165, 1.54) is 7.05 Å². The van der Waals surface area contributed by atoms with Crippen LogP contribution in [-0.2, 0) is 32.3 Å². The van der Waals surface area contributed by atoms with Crippen molar-refractivity contribution in [2.24, 2.45) is 11.7 Å². The molecule has 224 valence electrons. The SMILES string of the molecule is CNC(=O)OCc1cc(NC(=O)C(CCCNC(N)=O)NC(=O)C(NC(=O)OC(C)(C)C)C(C)C)ccc1CO. The molecule has 14 heteroatoms. The van der Waals surface area contributed by atoms with E-state index in [1.807, 2.05) is 0 Å². The number of urea groups is 1. The Balaban J connectivity index is 3.09. The lowest BCUT2D eigenvalue weighted by Crippen LogP contribution is -2.55. The van der Waals surface area contributed by atoms with Gasteiger partial charge in [-0.2, -0.15) is 0 Å². The normalized spacial score (nSPS) is 12.5. The lowest BCUT2D eigenvalue weighted by atomic mass is 10.0. The number of benzene rings is 1. The Labute approximate surface area is 234 Å². The van der Waals surface area contributed by atoms with Gasteiger partial charge in [0.25, 0.3) is 0 Å². The predicted octanol–water partition coefficient (Wildman–Crippen LogP) is 1.46. The molecule has 0 aliphatic rings. The maximum atomic E-state index is 13.3. The lowest BCUT2D eigenvalue weighted by molar-refractivity contribution is -0.128. The monoisotopic (exact) mass is 566 g/mol. The number of nitrogens with one attached hydrogen (secondary N) is 5. The van der Waals surface area contributed by atoms with Crippen LogP contribution in [0.2, 0.25) is 0 Å². The number of rotatable bonds is 13. The molecule has 2 atom stereocenters. The molecule has 8 N–H and O–H groups in total. The van der Waals surface area contributed by atoms with Crippen molar-refractivity contribution >= 4 is 35.7 Å². The predicted molar refractivity (Wildman–Crippen MR) is 147 cm³/mol. The summed E-state index contributed by atoms with van der Waals surface area (Å²) in [5.74, 6) is -1.50. The van der Waals surface area contributed by atoms with Gasteiger partial charge in [0.1, 0.15) is 24.3 Å². The molecule has 0 aromatic heterocycles. The number of nitrogens with two attached hydrogens (primary N) is 1. The molecule has 0 heterocycles. The fraction of sp³-hybridized carbons (Fsp3) is 0.577. The summed E-state index contributed by atoms with van der Waals surface area (Å²) in [4.78, 5) is 61.2. The van der Waals surface area contributed by atoms with Gasteiger partial charge >= 0.3 is 18.2 Å². The Morgan fingerprint density at radius 1 is 1.00 bits per heavy atom. The van der Waals surface area contributed by atoms with Gasteiger partial charge < -0.3 is 46.9 Å². The molecule has 1 aromatic carbocycles. The Morgan fingerprint density at radius 3 is 2.23 bits per heavy atom. The van der Waals surface area contributed by atoms with Crippen LogP contribution in [0.5, 0.6) is 0 Å². The van der Waals surface area contributed by atoms with E-state index >= 15 is 0 Å². The van der Waals surface area contributed by atoms with Gasteiger partial charge in [0, 0.05) is 19.3 Å². The summed E-state index contributed by atoms with van der Waals surface area (Å²) in [6, 6.07) is 1.91. The molecule has 0 radical (unpaired) electrons. The quantitative estimate of drug-likeness (QED) is 0.173. The smallest absolute Gasteiger partial charge is 0.408 e. The topological polar surface area (TPSA) is 210 Å². The number of ether oxygens (including phenoxy) is 2. The second-order valence-corrected chi connectivity index (χ2v) is 10.3. The number of primary amides is 1. The Kier molecular flexibility index (Phi) is 13.7. The van der Waals surface area contributed by atoms with Gasteiger partial charge in [-0.1, -0.05) is 19.9 Å². The van der Waals surface area contributed by atoms with Gasteiger partial charge in [0.15, 0.2) is 0 Å². The highest BCUT2D eigenvalue weighted by molar-refractivity contribution is 5.98. The number of aliphatic hydroxyl groups is 1. The fourth-order valence-electron chi connectivity index (χ4n) is 3.45. The summed E-state index contributed by atoms with van der Waals surface area (Å²) in [6.45, 7) is 8.27. The van der Waals surface area contributed by atoms with Crippen LogP contribution < -0.4 is 32.3 Å². The number of carbonyl (C=O) groups excluding carboxylic acids is 5. The Bertz CT molecular complexity index is 1040. The molecular weight excluding hydrogens is 524 g/mol. The van der Waals surface area contributed by atoms with E-state index in [1.54, 1.807) is 52.8 Å². The first-order valence-corrected chi connectivity index (χ1v) is 12.9. The van der Waals surface area contributed by atoms with Crippen LogP contribution in [0.15, 0.2) is 18.2 Å². The van der Waals surface area contributed by atoms with E-state index in [-0.39, 0.29) is 32.1 Å². The molecule has 0 bridgehead atoms. The molecule has 0 fully saturated rings. The highest BCUT2D eigenvalue weighted by Crippen LogP contribution is 2.18. The van der Waals surface area contributed by atoms with Crippen LogP contribution in [0, 0.1) is 5.92 Å². The lowest BCUT2D eigenvalue weighted by Gasteiger charge is -2.27. The number of hydrogen-bond donors (Lipinski definition) is 7. The minimum Gasteiger partial charge on any atom is -0.445 e. The van der Waals surface area contributed by atoms with Crippen LogP contribution in [0.25, 0.3) is 0 Å². The minimum absolute atomic E-state index is 0.135. The summed E-state index contributed by atoms with van der Waals surface area (Å²) in [5.41, 5.74) is 5.63. The van der Waals surface area contributed by atoms with E-state index < -0.39 is 47.7 Å². The van der Waals surface area contributed by atoms with Gasteiger partial charge in [-0.25, -0.2) is 14.4 Å². The maximum Gasteiger partial charge on any atom is 0.408 e. The van der Waals surface area contributed by atoms with Crippen LogP contribution >= 0.6 is 0 Å². The van der Waals surface area contributed by atoms with Crippen molar-refractivity contribution in [2.75, 3.05) is 18.9 Å². The van der Waals surface area contributed by atoms with E-state index in [4.69, 9.17) is 15.2 Å². The van der Waals surface area contributed by atoms with Crippen LogP contribution in [-0.4, -0.2) is 66.4 Å². The molecular formula is C26H42N6O8. The molecule has 0 aliphatic heterocycles. The highest BCUT2D eigenvalue weighted by atomic mass is 16.6. The summed E-state index contributed by atoms with van der Waals surface area (Å²) in [5, 5.41) is 22.3. The molecule has 6 amide bonds. The molecule has 1 aromatic rings. The van der Waals surface area contributed by atoms with Crippen molar-refractivity contribution in [3.05, 3.63) is 29.3 Å². The van der Waals surface area contributed by atoms with Gasteiger partial charge in [-0.15, -0.1) is 0 Å². The first-order chi connectivity index (χ1) is 18.7. The van der Waals surface area contributed by atoms with Crippen molar-refractivity contribution in [1.29, 1.82) is 0 Å². The van der Waals surface area contributed by atoms with Gasteiger partial charge in [0.05, 0.1) is 6.61 Å². The van der Waals surface area contributed by atoms with E-state index in [0.717, 1.165) is 0 Å². The molecule has 0 saturated heterocycles. The summed E-state index contributed by atoms with van der Waals surface area (Å²) in [6.07, 6.45) is -0.993. The first-order valence-electron chi connectivity index (χ1n) is 12.9. The molecule has 0 aliphatic carbocycles. The number of aliphatic hydroxyl groups excluding tert-OH is 1. The zero-order chi connectivity index (χ0) is 30.5. The molecule has 0 spiro atoms. The maximum absolute atomic E-state index is 13.3. The third kappa shape index (κ3) is 12.7.